The van der Waals surface area contributed by atoms with Crippen LogP contribution in [0, 0.1) is 5.92 Å². The minimum atomic E-state index is -0.0805. The molecule has 0 unspecified atom stereocenters. The van der Waals surface area contributed by atoms with Crippen LogP contribution >= 0.6 is 0 Å². The number of benzene rings is 2. The maximum absolute atomic E-state index is 13.5. The van der Waals surface area contributed by atoms with Gasteiger partial charge < -0.3 is 10.2 Å². The molecule has 0 atom stereocenters. The molecule has 1 aliphatic heterocycles. The van der Waals surface area contributed by atoms with Gasteiger partial charge in [-0.1, -0.05) is 87.7 Å². The number of carbonyl (C=O) groups excluding carboxylic acids is 2. The van der Waals surface area contributed by atoms with Crippen LogP contribution in [0.4, 0.5) is 5.69 Å². The highest BCUT2D eigenvalue weighted by Crippen LogP contribution is 2.41. The predicted octanol–water partition coefficient (Wildman–Crippen LogP) is 6.23. The highest BCUT2D eigenvalue weighted by molar-refractivity contribution is 6.01. The molecule has 4 rings (SSSR count). The van der Waals surface area contributed by atoms with E-state index < -0.39 is 0 Å². The second-order valence-electron chi connectivity index (χ2n) is 10.3. The summed E-state index contributed by atoms with van der Waals surface area (Å²) in [6.45, 7) is 8.35. The molecule has 0 spiro atoms. The van der Waals surface area contributed by atoms with E-state index in [1.807, 2.05) is 41.1 Å². The van der Waals surface area contributed by atoms with Crippen LogP contribution in [-0.4, -0.2) is 33.4 Å². The quantitative estimate of drug-likeness (QED) is 0.315. The number of carbonyl (C=O) groups is 2. The Balaban J connectivity index is 0.00000400. The van der Waals surface area contributed by atoms with E-state index in [2.05, 4.69) is 48.5 Å². The maximum atomic E-state index is 13.5. The Kier molecular flexibility index (Phi) is 9.09. The van der Waals surface area contributed by atoms with Gasteiger partial charge in [0.25, 0.3) is 0 Å². The number of amides is 2. The van der Waals surface area contributed by atoms with Gasteiger partial charge >= 0.3 is 0 Å². The largest absolute Gasteiger partial charge is 0.356 e. The number of rotatable bonds is 11. The van der Waals surface area contributed by atoms with E-state index in [9.17, 15) is 9.59 Å². The predicted molar refractivity (Wildman–Crippen MR) is 150 cm³/mol. The van der Waals surface area contributed by atoms with Crippen LogP contribution in [0.5, 0.6) is 0 Å². The molecule has 0 radical (unpaired) electrons. The molecule has 2 aromatic carbocycles. The van der Waals surface area contributed by atoms with Crippen molar-refractivity contribution in [3.05, 3.63) is 54.1 Å². The third-order valence-corrected chi connectivity index (χ3v) is 6.92. The summed E-state index contributed by atoms with van der Waals surface area (Å²) in [7, 11) is 0. The Morgan fingerprint density at radius 1 is 1.00 bits per heavy atom. The van der Waals surface area contributed by atoms with Crippen molar-refractivity contribution in [3.63, 3.8) is 0 Å². The van der Waals surface area contributed by atoms with Gasteiger partial charge in [0.2, 0.25) is 11.8 Å². The number of anilines is 1. The van der Waals surface area contributed by atoms with Crippen molar-refractivity contribution in [2.45, 2.75) is 78.8 Å². The summed E-state index contributed by atoms with van der Waals surface area (Å²) in [6.07, 6.45) is 5.88. The molecule has 7 heteroatoms. The molecule has 37 heavy (non-hydrogen) atoms. The van der Waals surface area contributed by atoms with Crippen molar-refractivity contribution in [2.75, 3.05) is 11.4 Å². The fourth-order valence-electron chi connectivity index (χ4n) is 4.83. The maximum Gasteiger partial charge on any atom is 0.227 e. The normalized spacial score (nSPS) is 12.4. The van der Waals surface area contributed by atoms with Crippen LogP contribution in [0.2, 0.25) is 0 Å². The van der Waals surface area contributed by atoms with Crippen LogP contribution in [0.15, 0.2) is 48.5 Å². The topological polar surface area (TPSA) is 80.1 Å². The molecule has 0 fully saturated rings. The lowest BCUT2D eigenvalue weighted by atomic mass is 9.95. The summed E-state index contributed by atoms with van der Waals surface area (Å²) < 4.78 is 2.03. The van der Waals surface area contributed by atoms with Crippen LogP contribution in [0.1, 0.15) is 72.7 Å². The smallest absolute Gasteiger partial charge is 0.227 e. The standard InChI is InChI=1S/C30H39N5O2.H2/c1-4-5-6-11-20-35-30-24-13-8-7-12-23(24)21-34(26-15-10-9-14-25(26)29(30)32-33-35)28(37)17-16-27(36)31-19-18-22(2)3;/h7-10,12-15,22H,4-6,11,16-21H2,1-3H3,(H,31,36);1H. The molecule has 198 valence electrons. The number of nitrogens with one attached hydrogen (secondary N) is 1. The summed E-state index contributed by atoms with van der Waals surface area (Å²) in [5.74, 6) is 0.374. The first-order valence-corrected chi connectivity index (χ1v) is 13.7. The van der Waals surface area contributed by atoms with Gasteiger partial charge in [0.1, 0.15) is 5.69 Å². The fourth-order valence-corrected chi connectivity index (χ4v) is 4.83. The number of aryl methyl sites for hydroxylation is 1. The van der Waals surface area contributed by atoms with E-state index >= 15 is 0 Å². The lowest BCUT2D eigenvalue weighted by Gasteiger charge is -2.28. The minimum Gasteiger partial charge on any atom is -0.356 e. The molecule has 1 N–H and O–H groups in total. The third kappa shape index (κ3) is 6.45. The molecule has 0 bridgehead atoms. The number of unbranched alkanes of at least 4 members (excludes halogenated alkanes) is 3. The number of nitrogens with zero attached hydrogens (tertiary/aromatic N) is 4. The average Bonchev–Trinajstić information content (AvgIpc) is 3.30. The minimum absolute atomic E-state index is 0. The van der Waals surface area contributed by atoms with Crippen LogP contribution < -0.4 is 10.2 Å². The van der Waals surface area contributed by atoms with Gasteiger partial charge in [-0.15, -0.1) is 5.10 Å². The second kappa shape index (κ2) is 12.7. The van der Waals surface area contributed by atoms with Crippen molar-refractivity contribution in [2.24, 2.45) is 5.92 Å². The van der Waals surface area contributed by atoms with Crippen LogP contribution in [-0.2, 0) is 22.7 Å². The lowest BCUT2D eigenvalue weighted by Crippen LogP contribution is -2.33. The van der Waals surface area contributed by atoms with Crippen molar-refractivity contribution in [1.82, 2.24) is 20.3 Å². The Hall–Kier alpha value is -3.48. The number of para-hydroxylation sites is 1. The summed E-state index contributed by atoms with van der Waals surface area (Å²) in [5.41, 5.74) is 5.60. The molecule has 0 saturated carbocycles. The van der Waals surface area contributed by atoms with Gasteiger partial charge in [-0.05, 0) is 30.4 Å². The molecule has 1 aromatic heterocycles. The zero-order valence-corrected chi connectivity index (χ0v) is 22.4. The summed E-state index contributed by atoms with van der Waals surface area (Å²) in [5, 5.41) is 12.1. The first-order valence-electron chi connectivity index (χ1n) is 13.7. The van der Waals surface area contributed by atoms with E-state index in [1.165, 1.54) is 12.8 Å². The first-order chi connectivity index (χ1) is 18.0. The number of hydrogen-bond acceptors (Lipinski definition) is 4. The molecular formula is C30H41N5O2. The number of fused-ring (bicyclic) bond motifs is 5. The van der Waals surface area contributed by atoms with Crippen LogP contribution in [0.25, 0.3) is 22.5 Å². The highest BCUT2D eigenvalue weighted by atomic mass is 16.2. The Bertz CT molecular complexity index is 1220. The monoisotopic (exact) mass is 503 g/mol. The number of aromatic nitrogens is 3. The van der Waals surface area contributed by atoms with E-state index in [1.54, 1.807) is 4.90 Å². The molecule has 1 aliphatic rings. The molecule has 0 aliphatic carbocycles. The summed E-state index contributed by atoms with van der Waals surface area (Å²) in [4.78, 5) is 27.7. The van der Waals surface area contributed by atoms with Crippen molar-refractivity contribution in [1.29, 1.82) is 0 Å². The molecular weight excluding hydrogens is 462 g/mol. The number of hydrogen-bond donors (Lipinski definition) is 1. The molecule has 3 aromatic rings. The second-order valence-corrected chi connectivity index (χ2v) is 10.3. The zero-order valence-electron chi connectivity index (χ0n) is 22.4. The zero-order chi connectivity index (χ0) is 26.2. The highest BCUT2D eigenvalue weighted by Gasteiger charge is 2.29. The Morgan fingerprint density at radius 2 is 1.76 bits per heavy atom. The molecule has 2 heterocycles. The third-order valence-electron chi connectivity index (χ3n) is 6.92. The SMILES string of the molecule is CCCCCCn1nnc2c1-c1ccccc1CN(C(=O)CCC(=O)NCCC(C)C)c1ccccc1-2.[HH]. The van der Waals surface area contributed by atoms with Crippen molar-refractivity contribution < 1.29 is 11.0 Å². The fraction of sp³-hybridized carbons (Fsp3) is 0.467. The first kappa shape index (κ1) is 26.6. The average molecular weight is 504 g/mol. The van der Waals surface area contributed by atoms with Gasteiger partial charge in [0.05, 0.1) is 17.9 Å². The van der Waals surface area contributed by atoms with Gasteiger partial charge in [0, 0.05) is 38.5 Å². The summed E-state index contributed by atoms with van der Waals surface area (Å²) >= 11 is 0. The van der Waals surface area contributed by atoms with Gasteiger partial charge in [-0.25, -0.2) is 4.68 Å². The van der Waals surface area contributed by atoms with Crippen LogP contribution in [0.3, 0.4) is 0 Å². The van der Waals surface area contributed by atoms with E-state index in [0.29, 0.717) is 19.0 Å². The molecule has 0 saturated heterocycles. The van der Waals surface area contributed by atoms with E-state index in [-0.39, 0.29) is 26.1 Å². The van der Waals surface area contributed by atoms with E-state index in [4.69, 9.17) is 0 Å². The van der Waals surface area contributed by atoms with Crippen molar-refractivity contribution >= 4 is 17.5 Å². The van der Waals surface area contributed by atoms with Gasteiger partial charge in [-0.2, -0.15) is 0 Å². The van der Waals surface area contributed by atoms with E-state index in [0.717, 1.165) is 59.6 Å². The molecule has 2 amide bonds. The van der Waals surface area contributed by atoms with Crippen molar-refractivity contribution in [3.8, 4) is 22.5 Å². The lowest BCUT2D eigenvalue weighted by molar-refractivity contribution is -0.125. The Labute approximate surface area is 221 Å². The molecule has 7 nitrogen and oxygen atoms in total. The Morgan fingerprint density at radius 3 is 2.54 bits per heavy atom. The van der Waals surface area contributed by atoms with Gasteiger partial charge in [-0.3, -0.25) is 9.59 Å². The van der Waals surface area contributed by atoms with Gasteiger partial charge in [0.15, 0.2) is 0 Å². The summed E-state index contributed by atoms with van der Waals surface area (Å²) in [6, 6.07) is 16.1.